The summed E-state index contributed by atoms with van der Waals surface area (Å²) >= 11 is 0. The molecule has 1 aromatic heterocycles. The second-order valence-electron chi connectivity index (χ2n) is 4.21. The molecule has 2 rings (SSSR count). The van der Waals surface area contributed by atoms with E-state index in [0.29, 0.717) is 24.7 Å². The number of amides is 1. The van der Waals surface area contributed by atoms with E-state index >= 15 is 0 Å². The summed E-state index contributed by atoms with van der Waals surface area (Å²) in [6, 6.07) is 0. The van der Waals surface area contributed by atoms with Crippen LogP contribution in [0.2, 0.25) is 0 Å². The van der Waals surface area contributed by atoms with Gasteiger partial charge >= 0.3 is 0 Å². The average Bonchev–Trinajstić information content (AvgIpc) is 2.75. The first-order valence-electron chi connectivity index (χ1n) is 5.78. The second-order valence-corrected chi connectivity index (χ2v) is 4.21. The van der Waals surface area contributed by atoms with Crippen LogP contribution in [0.4, 0.5) is 0 Å². The summed E-state index contributed by atoms with van der Waals surface area (Å²) in [5, 5.41) is 3.79. The molecule has 1 aliphatic heterocycles. The largest absolute Gasteiger partial charge is 0.342 e. The van der Waals surface area contributed by atoms with E-state index < -0.39 is 0 Å². The van der Waals surface area contributed by atoms with Crippen molar-refractivity contribution in [1.82, 2.24) is 15.0 Å². The summed E-state index contributed by atoms with van der Waals surface area (Å²) in [6.07, 6.45) is 2.60. The molecule has 0 radical (unpaired) electrons. The van der Waals surface area contributed by atoms with Crippen molar-refractivity contribution in [1.29, 1.82) is 0 Å². The minimum Gasteiger partial charge on any atom is -0.342 e. The fourth-order valence-electron chi connectivity index (χ4n) is 2.11. The normalized spacial score (nSPS) is 21.1. The fourth-order valence-corrected chi connectivity index (χ4v) is 2.11. The van der Waals surface area contributed by atoms with Crippen LogP contribution in [-0.4, -0.2) is 34.0 Å². The van der Waals surface area contributed by atoms with Crippen LogP contribution in [0.15, 0.2) is 4.52 Å². The Hall–Kier alpha value is -1.39. The minimum atomic E-state index is 0.209. The number of rotatable bonds is 2. The maximum Gasteiger partial charge on any atom is 0.231 e. The van der Waals surface area contributed by atoms with Crippen LogP contribution < -0.4 is 0 Å². The molecule has 0 aromatic carbocycles. The molecule has 1 fully saturated rings. The van der Waals surface area contributed by atoms with Gasteiger partial charge in [-0.3, -0.25) is 4.79 Å². The van der Waals surface area contributed by atoms with Gasteiger partial charge in [-0.2, -0.15) is 4.98 Å². The number of aryl methyl sites for hydroxylation is 1. The second kappa shape index (κ2) is 4.63. The van der Waals surface area contributed by atoms with Crippen LogP contribution in [0.5, 0.6) is 0 Å². The average molecular weight is 223 g/mol. The Bertz CT molecular complexity index is 375. The molecule has 1 aliphatic rings. The molecule has 1 unspecified atom stereocenters. The SMILES string of the molecule is CCC(=O)N1CCCC(c2nc(C)no2)C1. The van der Waals surface area contributed by atoms with E-state index in [0.717, 1.165) is 19.4 Å². The third-order valence-electron chi connectivity index (χ3n) is 2.97. The van der Waals surface area contributed by atoms with E-state index in [2.05, 4.69) is 10.1 Å². The highest BCUT2D eigenvalue weighted by atomic mass is 16.5. The predicted octanol–water partition coefficient (Wildman–Crippen LogP) is 1.49. The molecule has 5 nitrogen and oxygen atoms in total. The van der Waals surface area contributed by atoms with E-state index in [9.17, 15) is 4.79 Å². The molecule has 1 atom stereocenters. The number of hydrogen-bond donors (Lipinski definition) is 0. The highest BCUT2D eigenvalue weighted by molar-refractivity contribution is 5.75. The first-order valence-corrected chi connectivity index (χ1v) is 5.78. The van der Waals surface area contributed by atoms with Crippen molar-refractivity contribution in [2.75, 3.05) is 13.1 Å². The lowest BCUT2D eigenvalue weighted by atomic mass is 9.98. The zero-order valence-electron chi connectivity index (χ0n) is 9.77. The number of hydrogen-bond acceptors (Lipinski definition) is 4. The summed E-state index contributed by atoms with van der Waals surface area (Å²) in [5.74, 6) is 1.76. The van der Waals surface area contributed by atoms with Crippen molar-refractivity contribution in [3.8, 4) is 0 Å². The molecule has 5 heteroatoms. The summed E-state index contributed by atoms with van der Waals surface area (Å²) in [4.78, 5) is 17.7. The maximum absolute atomic E-state index is 11.6. The van der Waals surface area contributed by atoms with Gasteiger partial charge in [0.15, 0.2) is 5.82 Å². The summed E-state index contributed by atoms with van der Waals surface area (Å²) in [6.45, 7) is 5.28. The van der Waals surface area contributed by atoms with E-state index in [1.807, 2.05) is 18.7 Å². The Morgan fingerprint density at radius 1 is 1.62 bits per heavy atom. The number of piperidine rings is 1. The Morgan fingerprint density at radius 2 is 2.44 bits per heavy atom. The highest BCUT2D eigenvalue weighted by Gasteiger charge is 2.27. The van der Waals surface area contributed by atoms with Crippen LogP contribution >= 0.6 is 0 Å². The van der Waals surface area contributed by atoms with Gasteiger partial charge in [-0.1, -0.05) is 12.1 Å². The molecule has 0 spiro atoms. The van der Waals surface area contributed by atoms with Crippen LogP contribution in [-0.2, 0) is 4.79 Å². The van der Waals surface area contributed by atoms with Crippen molar-refractivity contribution in [2.24, 2.45) is 0 Å². The quantitative estimate of drug-likeness (QED) is 0.762. The molecule has 0 saturated carbocycles. The van der Waals surface area contributed by atoms with E-state index in [4.69, 9.17) is 4.52 Å². The first-order chi connectivity index (χ1) is 7.70. The molecule has 2 heterocycles. The highest BCUT2D eigenvalue weighted by Crippen LogP contribution is 2.25. The molecule has 0 bridgehead atoms. The van der Waals surface area contributed by atoms with Gasteiger partial charge in [0.05, 0.1) is 5.92 Å². The van der Waals surface area contributed by atoms with E-state index in [1.54, 1.807) is 0 Å². The van der Waals surface area contributed by atoms with Crippen molar-refractivity contribution in [3.63, 3.8) is 0 Å². The number of carbonyl (C=O) groups excluding carboxylic acids is 1. The van der Waals surface area contributed by atoms with E-state index in [-0.39, 0.29) is 11.8 Å². The maximum atomic E-state index is 11.6. The van der Waals surface area contributed by atoms with E-state index in [1.165, 1.54) is 0 Å². The Kier molecular flexibility index (Phi) is 3.22. The summed E-state index contributed by atoms with van der Waals surface area (Å²) in [7, 11) is 0. The van der Waals surface area contributed by atoms with Gasteiger partial charge in [-0.25, -0.2) is 0 Å². The summed E-state index contributed by atoms with van der Waals surface area (Å²) < 4.78 is 5.17. The monoisotopic (exact) mass is 223 g/mol. The number of aromatic nitrogens is 2. The molecule has 16 heavy (non-hydrogen) atoms. The predicted molar refractivity (Wildman–Crippen MR) is 57.9 cm³/mol. The lowest BCUT2D eigenvalue weighted by Gasteiger charge is -2.30. The van der Waals surface area contributed by atoms with Crippen LogP contribution in [0, 0.1) is 6.92 Å². The Morgan fingerprint density at radius 3 is 3.06 bits per heavy atom. The Labute approximate surface area is 94.8 Å². The molecule has 1 aromatic rings. The molecule has 88 valence electrons. The first kappa shape index (κ1) is 11.1. The zero-order chi connectivity index (χ0) is 11.5. The lowest BCUT2D eigenvalue weighted by Crippen LogP contribution is -2.38. The van der Waals surface area contributed by atoms with Gasteiger partial charge in [-0.05, 0) is 19.8 Å². The van der Waals surface area contributed by atoms with Gasteiger partial charge in [0.25, 0.3) is 0 Å². The minimum absolute atomic E-state index is 0.209. The van der Waals surface area contributed by atoms with Crippen molar-refractivity contribution < 1.29 is 9.32 Å². The molecular formula is C11H17N3O2. The molecule has 0 aliphatic carbocycles. The smallest absolute Gasteiger partial charge is 0.231 e. The van der Waals surface area contributed by atoms with Crippen molar-refractivity contribution in [3.05, 3.63) is 11.7 Å². The van der Waals surface area contributed by atoms with Crippen molar-refractivity contribution >= 4 is 5.91 Å². The molecule has 1 amide bonds. The third-order valence-corrected chi connectivity index (χ3v) is 2.97. The fraction of sp³-hybridized carbons (Fsp3) is 0.727. The number of likely N-dealkylation sites (tertiary alicyclic amines) is 1. The molecule has 0 N–H and O–H groups in total. The van der Waals surface area contributed by atoms with Crippen molar-refractivity contribution in [2.45, 2.75) is 39.0 Å². The van der Waals surface area contributed by atoms with Gasteiger partial charge < -0.3 is 9.42 Å². The topological polar surface area (TPSA) is 59.2 Å². The molecule has 1 saturated heterocycles. The van der Waals surface area contributed by atoms with Crippen LogP contribution in [0.1, 0.15) is 43.8 Å². The number of nitrogens with zero attached hydrogens (tertiary/aromatic N) is 3. The number of carbonyl (C=O) groups is 1. The van der Waals surface area contributed by atoms with Gasteiger partial charge in [0.2, 0.25) is 11.8 Å². The standard InChI is InChI=1S/C11H17N3O2/c1-3-10(15)14-6-4-5-9(7-14)11-12-8(2)13-16-11/h9H,3-7H2,1-2H3. The van der Waals surface area contributed by atoms with Gasteiger partial charge in [0.1, 0.15) is 0 Å². The Balaban J connectivity index is 2.04. The van der Waals surface area contributed by atoms with Gasteiger partial charge in [0, 0.05) is 19.5 Å². The van der Waals surface area contributed by atoms with Crippen LogP contribution in [0.3, 0.4) is 0 Å². The lowest BCUT2D eigenvalue weighted by molar-refractivity contribution is -0.132. The zero-order valence-corrected chi connectivity index (χ0v) is 9.77. The molecular weight excluding hydrogens is 206 g/mol. The van der Waals surface area contributed by atoms with Gasteiger partial charge in [-0.15, -0.1) is 0 Å². The summed E-state index contributed by atoms with van der Waals surface area (Å²) in [5.41, 5.74) is 0. The third kappa shape index (κ3) is 2.23. The van der Waals surface area contributed by atoms with Crippen LogP contribution in [0.25, 0.3) is 0 Å².